The summed E-state index contributed by atoms with van der Waals surface area (Å²) < 4.78 is 0. The number of hydrogen-bond acceptors (Lipinski definition) is 4. The highest BCUT2D eigenvalue weighted by molar-refractivity contribution is 5.96. The van der Waals surface area contributed by atoms with E-state index in [1.54, 1.807) is 30.0 Å². The van der Waals surface area contributed by atoms with Crippen LogP contribution in [0.25, 0.3) is 0 Å². The monoisotopic (exact) mass is 273 g/mol. The van der Waals surface area contributed by atoms with Crippen molar-refractivity contribution in [2.75, 3.05) is 26.2 Å². The quantitative estimate of drug-likeness (QED) is 0.883. The fourth-order valence-corrected chi connectivity index (χ4v) is 2.42. The van der Waals surface area contributed by atoms with E-state index in [1.165, 1.54) is 0 Å². The minimum Gasteiger partial charge on any atom is -0.508 e. The van der Waals surface area contributed by atoms with E-state index in [0.29, 0.717) is 37.3 Å². The Labute approximate surface area is 119 Å². The number of hydrogen-bond donors (Lipinski definition) is 1. The standard InChI is InChI=1S/C15H19N3O2/c1-11(10-16)17-6-8-18(9-7-17)15(20)13-4-3-5-14(19)12(13)2/h3-5,11,19H,6-9H2,1-2H3. The van der Waals surface area contributed by atoms with Crippen LogP contribution in [0.5, 0.6) is 5.75 Å². The van der Waals surface area contributed by atoms with Gasteiger partial charge in [0, 0.05) is 37.3 Å². The Morgan fingerprint density at radius 3 is 2.60 bits per heavy atom. The minimum absolute atomic E-state index is 0.0531. The average molecular weight is 273 g/mol. The predicted molar refractivity (Wildman–Crippen MR) is 75.4 cm³/mol. The molecule has 1 aliphatic heterocycles. The topological polar surface area (TPSA) is 67.6 Å². The highest BCUT2D eigenvalue weighted by atomic mass is 16.3. The third-order valence-electron chi connectivity index (χ3n) is 3.87. The molecule has 1 N–H and O–H groups in total. The summed E-state index contributed by atoms with van der Waals surface area (Å²) in [6.07, 6.45) is 0. The predicted octanol–water partition coefficient (Wildman–Crippen LogP) is 1.37. The number of amides is 1. The Hall–Kier alpha value is -2.06. The van der Waals surface area contributed by atoms with E-state index in [2.05, 4.69) is 11.0 Å². The van der Waals surface area contributed by atoms with Crippen molar-refractivity contribution in [2.45, 2.75) is 19.9 Å². The molecule has 1 aromatic carbocycles. The lowest BCUT2D eigenvalue weighted by molar-refractivity contribution is 0.0614. The summed E-state index contributed by atoms with van der Waals surface area (Å²) in [6.45, 7) is 6.25. The second-order valence-corrected chi connectivity index (χ2v) is 5.08. The summed E-state index contributed by atoms with van der Waals surface area (Å²) in [7, 11) is 0. The molecule has 0 spiro atoms. The number of phenolic OH excluding ortho intramolecular Hbond substituents is 1. The molecule has 1 heterocycles. The number of rotatable bonds is 2. The van der Waals surface area contributed by atoms with Crippen molar-refractivity contribution in [3.05, 3.63) is 29.3 Å². The van der Waals surface area contributed by atoms with Crippen molar-refractivity contribution in [1.82, 2.24) is 9.80 Å². The molecular formula is C15H19N3O2. The molecule has 0 bridgehead atoms. The van der Waals surface area contributed by atoms with Gasteiger partial charge in [0.15, 0.2) is 0 Å². The van der Waals surface area contributed by atoms with Gasteiger partial charge in [0.2, 0.25) is 0 Å². The lowest BCUT2D eigenvalue weighted by atomic mass is 10.1. The van der Waals surface area contributed by atoms with Crippen LogP contribution in [0, 0.1) is 18.3 Å². The van der Waals surface area contributed by atoms with Gasteiger partial charge in [-0.15, -0.1) is 0 Å². The highest BCUT2D eigenvalue weighted by Gasteiger charge is 2.25. The van der Waals surface area contributed by atoms with Gasteiger partial charge in [-0.1, -0.05) is 6.07 Å². The molecule has 0 aliphatic carbocycles. The molecule has 2 rings (SSSR count). The Bertz CT molecular complexity index is 543. The first kappa shape index (κ1) is 14.4. The molecule has 1 amide bonds. The van der Waals surface area contributed by atoms with Gasteiger partial charge in [0.1, 0.15) is 5.75 Å². The molecule has 1 fully saturated rings. The maximum atomic E-state index is 12.5. The van der Waals surface area contributed by atoms with Gasteiger partial charge in [-0.3, -0.25) is 9.69 Å². The number of benzene rings is 1. The largest absolute Gasteiger partial charge is 0.508 e. The first-order chi connectivity index (χ1) is 9.54. The average Bonchev–Trinajstić information content (AvgIpc) is 2.48. The lowest BCUT2D eigenvalue weighted by Gasteiger charge is -2.36. The number of nitrogens with zero attached hydrogens (tertiary/aromatic N) is 3. The lowest BCUT2D eigenvalue weighted by Crippen LogP contribution is -2.51. The van der Waals surface area contributed by atoms with Crippen LogP contribution in [0.1, 0.15) is 22.8 Å². The Kier molecular flexibility index (Phi) is 4.26. The zero-order valence-electron chi connectivity index (χ0n) is 11.8. The molecule has 1 atom stereocenters. The molecule has 0 saturated carbocycles. The highest BCUT2D eigenvalue weighted by Crippen LogP contribution is 2.21. The smallest absolute Gasteiger partial charge is 0.254 e. The van der Waals surface area contributed by atoms with Crippen LogP contribution in [0.2, 0.25) is 0 Å². The number of phenols is 1. The van der Waals surface area contributed by atoms with E-state index in [1.807, 2.05) is 6.92 Å². The van der Waals surface area contributed by atoms with Gasteiger partial charge in [-0.2, -0.15) is 5.26 Å². The Balaban J connectivity index is 2.06. The second-order valence-electron chi connectivity index (χ2n) is 5.08. The van der Waals surface area contributed by atoms with Crippen molar-refractivity contribution in [3.63, 3.8) is 0 Å². The van der Waals surface area contributed by atoms with E-state index >= 15 is 0 Å². The molecule has 5 heteroatoms. The molecule has 1 unspecified atom stereocenters. The molecule has 106 valence electrons. The number of nitriles is 1. The van der Waals surface area contributed by atoms with Gasteiger partial charge < -0.3 is 10.0 Å². The van der Waals surface area contributed by atoms with Crippen LogP contribution in [0.15, 0.2) is 18.2 Å². The zero-order chi connectivity index (χ0) is 14.7. The second kappa shape index (κ2) is 5.93. The van der Waals surface area contributed by atoms with Crippen molar-refractivity contribution in [2.24, 2.45) is 0 Å². The fourth-order valence-electron chi connectivity index (χ4n) is 2.42. The minimum atomic E-state index is -0.116. The van der Waals surface area contributed by atoms with Gasteiger partial charge >= 0.3 is 0 Å². The number of carbonyl (C=O) groups excluding carboxylic acids is 1. The van der Waals surface area contributed by atoms with Crippen LogP contribution >= 0.6 is 0 Å². The molecule has 1 saturated heterocycles. The van der Waals surface area contributed by atoms with E-state index in [0.717, 1.165) is 0 Å². The number of aromatic hydroxyl groups is 1. The summed E-state index contributed by atoms with van der Waals surface area (Å²) in [6, 6.07) is 7.10. The summed E-state index contributed by atoms with van der Waals surface area (Å²) in [5, 5.41) is 18.6. The maximum Gasteiger partial charge on any atom is 0.254 e. The molecule has 0 radical (unpaired) electrons. The molecule has 0 aromatic heterocycles. The number of piperazine rings is 1. The molecule has 5 nitrogen and oxygen atoms in total. The van der Waals surface area contributed by atoms with Crippen molar-refractivity contribution >= 4 is 5.91 Å². The Morgan fingerprint density at radius 1 is 1.35 bits per heavy atom. The molecule has 1 aromatic rings. The van der Waals surface area contributed by atoms with Gasteiger partial charge in [-0.05, 0) is 26.0 Å². The van der Waals surface area contributed by atoms with E-state index in [-0.39, 0.29) is 17.7 Å². The van der Waals surface area contributed by atoms with E-state index in [9.17, 15) is 9.90 Å². The van der Waals surface area contributed by atoms with Crippen LogP contribution in [0.3, 0.4) is 0 Å². The van der Waals surface area contributed by atoms with Crippen LogP contribution in [0.4, 0.5) is 0 Å². The van der Waals surface area contributed by atoms with Crippen LogP contribution in [-0.2, 0) is 0 Å². The molecular weight excluding hydrogens is 254 g/mol. The molecule has 20 heavy (non-hydrogen) atoms. The van der Waals surface area contributed by atoms with Gasteiger partial charge in [-0.25, -0.2) is 0 Å². The van der Waals surface area contributed by atoms with Gasteiger partial charge in [0.05, 0.1) is 12.1 Å². The van der Waals surface area contributed by atoms with E-state index < -0.39 is 0 Å². The maximum absolute atomic E-state index is 12.5. The van der Waals surface area contributed by atoms with Crippen LogP contribution in [-0.4, -0.2) is 53.0 Å². The molecule has 1 aliphatic rings. The SMILES string of the molecule is Cc1c(O)cccc1C(=O)N1CCN(C(C)C#N)CC1. The number of carbonyl (C=O) groups is 1. The van der Waals surface area contributed by atoms with Crippen molar-refractivity contribution in [1.29, 1.82) is 5.26 Å². The zero-order valence-corrected chi connectivity index (χ0v) is 11.8. The van der Waals surface area contributed by atoms with Crippen LogP contribution < -0.4 is 0 Å². The first-order valence-corrected chi connectivity index (χ1v) is 6.76. The third-order valence-corrected chi connectivity index (χ3v) is 3.87. The first-order valence-electron chi connectivity index (χ1n) is 6.76. The summed E-state index contributed by atoms with van der Waals surface area (Å²) in [5.74, 6) is 0.0928. The van der Waals surface area contributed by atoms with Crippen molar-refractivity contribution < 1.29 is 9.90 Å². The Morgan fingerprint density at radius 2 is 2.00 bits per heavy atom. The normalized spacial score (nSPS) is 17.6. The van der Waals surface area contributed by atoms with Gasteiger partial charge in [0.25, 0.3) is 5.91 Å². The van der Waals surface area contributed by atoms with Crippen molar-refractivity contribution in [3.8, 4) is 11.8 Å². The summed E-state index contributed by atoms with van der Waals surface area (Å²) in [4.78, 5) is 16.3. The third kappa shape index (κ3) is 2.75. The summed E-state index contributed by atoms with van der Waals surface area (Å²) >= 11 is 0. The van der Waals surface area contributed by atoms with E-state index in [4.69, 9.17) is 5.26 Å². The fraction of sp³-hybridized carbons (Fsp3) is 0.467. The summed E-state index contributed by atoms with van der Waals surface area (Å²) in [5.41, 5.74) is 1.16.